The first-order chi connectivity index (χ1) is 27.2. The second-order valence-electron chi connectivity index (χ2n) is 14.0. The molecule has 0 aliphatic carbocycles. The number of hydrogen-bond donors (Lipinski definition) is 0. The first kappa shape index (κ1) is 31.5. The maximum absolute atomic E-state index is 5.30. The third kappa shape index (κ3) is 5.46. The van der Waals surface area contributed by atoms with Crippen LogP contribution in [-0.2, 0) is 0 Å². The van der Waals surface area contributed by atoms with Gasteiger partial charge in [-0.05, 0) is 91.0 Å². The highest BCUT2D eigenvalue weighted by molar-refractivity contribution is 7.25. The molecule has 11 aromatic rings. The topological polar surface area (TPSA) is 38.7 Å². The van der Waals surface area contributed by atoms with E-state index in [9.17, 15) is 0 Å². The normalized spacial score (nSPS) is 11.6. The van der Waals surface area contributed by atoms with Gasteiger partial charge in [-0.3, -0.25) is 0 Å². The highest BCUT2D eigenvalue weighted by Crippen LogP contribution is 2.42. The molecule has 9 aromatic carbocycles. The fourth-order valence-electron chi connectivity index (χ4n) is 8.04. The minimum absolute atomic E-state index is 0.637. The number of thiophene rings is 1. The van der Waals surface area contributed by atoms with Gasteiger partial charge in [0.05, 0.1) is 0 Å². The van der Waals surface area contributed by atoms with Crippen molar-refractivity contribution in [3.63, 3.8) is 0 Å². The molecule has 0 saturated carbocycles. The Kier molecular flexibility index (Phi) is 7.35. The molecular weight excluding hydrogens is 687 g/mol. The van der Waals surface area contributed by atoms with Gasteiger partial charge in [0.1, 0.15) is 0 Å². The lowest BCUT2D eigenvalue weighted by atomic mass is 9.91. The van der Waals surface area contributed by atoms with E-state index < -0.39 is 0 Å². The van der Waals surface area contributed by atoms with Gasteiger partial charge in [-0.1, -0.05) is 152 Å². The van der Waals surface area contributed by atoms with Gasteiger partial charge in [-0.2, -0.15) is 0 Å². The molecule has 3 nitrogen and oxygen atoms in total. The minimum Gasteiger partial charge on any atom is -0.208 e. The van der Waals surface area contributed by atoms with Crippen molar-refractivity contribution in [2.24, 2.45) is 0 Å². The third-order valence-electron chi connectivity index (χ3n) is 10.7. The van der Waals surface area contributed by atoms with Crippen LogP contribution in [0.4, 0.5) is 0 Å². The van der Waals surface area contributed by atoms with Crippen LogP contribution in [0.25, 0.3) is 109 Å². The van der Waals surface area contributed by atoms with Crippen LogP contribution in [0.3, 0.4) is 0 Å². The number of hydrogen-bond acceptors (Lipinski definition) is 4. The van der Waals surface area contributed by atoms with E-state index >= 15 is 0 Å². The lowest BCUT2D eigenvalue weighted by Gasteiger charge is -2.15. The summed E-state index contributed by atoms with van der Waals surface area (Å²) in [7, 11) is 0. The van der Waals surface area contributed by atoms with Gasteiger partial charge in [0, 0.05) is 36.9 Å². The fraction of sp³-hybridized carbons (Fsp3) is 0. The van der Waals surface area contributed by atoms with Gasteiger partial charge in [0.15, 0.2) is 17.5 Å². The van der Waals surface area contributed by atoms with Crippen molar-refractivity contribution >= 4 is 63.8 Å². The number of aromatic nitrogens is 3. The van der Waals surface area contributed by atoms with E-state index in [0.717, 1.165) is 44.2 Å². The molecular formula is C51H31N3S. The molecule has 0 fully saturated rings. The molecule has 0 amide bonds. The van der Waals surface area contributed by atoms with Crippen LogP contribution in [-0.4, -0.2) is 15.0 Å². The summed E-state index contributed by atoms with van der Waals surface area (Å²) in [5.41, 5.74) is 7.46. The molecule has 55 heavy (non-hydrogen) atoms. The van der Waals surface area contributed by atoms with Crippen molar-refractivity contribution in [1.29, 1.82) is 0 Å². The van der Waals surface area contributed by atoms with Crippen LogP contribution in [0.15, 0.2) is 188 Å². The number of benzene rings is 9. The number of rotatable bonds is 5. The monoisotopic (exact) mass is 717 g/mol. The van der Waals surface area contributed by atoms with Crippen molar-refractivity contribution in [3.8, 4) is 56.4 Å². The average molecular weight is 718 g/mol. The molecule has 0 unspecified atom stereocenters. The minimum atomic E-state index is 0.637. The molecule has 0 atom stereocenters. The second-order valence-corrected chi connectivity index (χ2v) is 15.1. The van der Waals surface area contributed by atoms with E-state index in [1.54, 1.807) is 0 Å². The summed E-state index contributed by atoms with van der Waals surface area (Å²) in [5.74, 6) is 1.91. The van der Waals surface area contributed by atoms with E-state index in [1.165, 1.54) is 47.3 Å². The van der Waals surface area contributed by atoms with Gasteiger partial charge in [0.25, 0.3) is 0 Å². The highest BCUT2D eigenvalue weighted by atomic mass is 32.1. The highest BCUT2D eigenvalue weighted by Gasteiger charge is 2.18. The molecule has 0 aliphatic heterocycles. The molecule has 2 heterocycles. The van der Waals surface area contributed by atoms with Crippen molar-refractivity contribution in [2.75, 3.05) is 0 Å². The molecule has 0 aliphatic rings. The van der Waals surface area contributed by atoms with Crippen molar-refractivity contribution in [1.82, 2.24) is 15.0 Å². The molecule has 0 spiro atoms. The Morgan fingerprint density at radius 1 is 0.291 bits per heavy atom. The third-order valence-corrected chi connectivity index (χ3v) is 11.8. The summed E-state index contributed by atoms with van der Waals surface area (Å²) in [6, 6.07) is 67.0. The molecule has 4 heteroatoms. The lowest BCUT2D eigenvalue weighted by Crippen LogP contribution is -2.01. The Hall–Kier alpha value is -7.01. The zero-order chi connectivity index (χ0) is 36.3. The molecule has 11 rings (SSSR count). The Balaban J connectivity index is 1.17. The van der Waals surface area contributed by atoms with E-state index in [0.29, 0.717) is 17.5 Å². The van der Waals surface area contributed by atoms with Crippen molar-refractivity contribution in [3.05, 3.63) is 188 Å². The molecule has 0 radical (unpaired) electrons. The maximum Gasteiger partial charge on any atom is 0.164 e. The predicted octanol–water partition coefficient (Wildman–Crippen LogP) is 14.0. The molecule has 0 saturated heterocycles. The SMILES string of the molecule is c1ccc(-c2nc(-c3cc(-c4ccccc4)c4ccccc4c3)nc(-c3cc(-c4ccc5c(c4)sc4ccccc45)c4c(ccc5ccccc54)c3)n2)cc1. The second kappa shape index (κ2) is 12.8. The van der Waals surface area contributed by atoms with Gasteiger partial charge < -0.3 is 0 Å². The average Bonchev–Trinajstić information content (AvgIpc) is 3.64. The zero-order valence-electron chi connectivity index (χ0n) is 29.6. The lowest BCUT2D eigenvalue weighted by molar-refractivity contribution is 1.08. The molecule has 0 bridgehead atoms. The molecule has 256 valence electrons. The van der Waals surface area contributed by atoms with E-state index in [1.807, 2.05) is 29.5 Å². The van der Waals surface area contributed by atoms with E-state index in [-0.39, 0.29) is 0 Å². The van der Waals surface area contributed by atoms with Crippen LogP contribution in [0.2, 0.25) is 0 Å². The van der Waals surface area contributed by atoms with Gasteiger partial charge in [-0.15, -0.1) is 11.3 Å². The van der Waals surface area contributed by atoms with E-state index in [2.05, 4.69) is 170 Å². The summed E-state index contributed by atoms with van der Waals surface area (Å²) >= 11 is 1.85. The predicted molar refractivity (Wildman–Crippen MR) is 232 cm³/mol. The van der Waals surface area contributed by atoms with E-state index in [4.69, 9.17) is 15.0 Å². The summed E-state index contributed by atoms with van der Waals surface area (Å²) in [5, 5.41) is 9.72. The van der Waals surface area contributed by atoms with Crippen molar-refractivity contribution < 1.29 is 0 Å². The quantitative estimate of drug-likeness (QED) is 0.166. The first-order valence-corrected chi connectivity index (χ1v) is 19.3. The zero-order valence-corrected chi connectivity index (χ0v) is 30.5. The number of fused-ring (bicyclic) bond motifs is 7. The van der Waals surface area contributed by atoms with Gasteiger partial charge >= 0.3 is 0 Å². The summed E-state index contributed by atoms with van der Waals surface area (Å²) in [6.07, 6.45) is 0. The standard InChI is InChI=1S/C51H31N3S/c1-3-13-32(14-4-1)44-29-38(27-35-18-8-9-19-40(35)44)50-52-49(34-16-5-2-6-17-34)53-51(54-50)39-28-37-24-23-33-15-7-10-20-41(33)48(37)45(30-39)36-25-26-43-42-21-11-12-22-46(42)55-47(43)31-36/h1-31H. The van der Waals surface area contributed by atoms with Crippen LogP contribution >= 0.6 is 11.3 Å². The Morgan fingerprint density at radius 3 is 1.60 bits per heavy atom. The smallest absolute Gasteiger partial charge is 0.164 e. The fourth-order valence-corrected chi connectivity index (χ4v) is 9.19. The van der Waals surface area contributed by atoms with Gasteiger partial charge in [0.2, 0.25) is 0 Å². The summed E-state index contributed by atoms with van der Waals surface area (Å²) in [6.45, 7) is 0. The van der Waals surface area contributed by atoms with Crippen LogP contribution in [0.5, 0.6) is 0 Å². The Morgan fingerprint density at radius 2 is 0.836 bits per heavy atom. The van der Waals surface area contributed by atoms with Crippen LogP contribution < -0.4 is 0 Å². The maximum atomic E-state index is 5.30. The molecule has 0 N–H and O–H groups in total. The van der Waals surface area contributed by atoms with Crippen LogP contribution in [0.1, 0.15) is 0 Å². The van der Waals surface area contributed by atoms with Crippen molar-refractivity contribution in [2.45, 2.75) is 0 Å². The Labute approximate surface area is 321 Å². The first-order valence-electron chi connectivity index (χ1n) is 18.5. The summed E-state index contributed by atoms with van der Waals surface area (Å²) in [4.78, 5) is 15.7. The number of nitrogens with zero attached hydrogens (tertiary/aromatic N) is 3. The molecule has 2 aromatic heterocycles. The Bertz CT molecular complexity index is 3260. The largest absolute Gasteiger partial charge is 0.208 e. The summed E-state index contributed by atoms with van der Waals surface area (Å²) < 4.78 is 2.57. The van der Waals surface area contributed by atoms with Gasteiger partial charge in [-0.25, -0.2) is 15.0 Å². The van der Waals surface area contributed by atoms with Crippen LogP contribution in [0, 0.1) is 0 Å².